The van der Waals surface area contributed by atoms with Crippen LogP contribution in [-0.4, -0.2) is 18.2 Å². The predicted octanol–water partition coefficient (Wildman–Crippen LogP) is 3.59. The Kier molecular flexibility index (Phi) is 4.28. The summed E-state index contributed by atoms with van der Waals surface area (Å²) in [6.07, 6.45) is 5.21. The van der Waals surface area contributed by atoms with Crippen molar-refractivity contribution in [2.75, 3.05) is 18.0 Å². The summed E-state index contributed by atoms with van der Waals surface area (Å²) >= 11 is 0. The molecule has 2 heteroatoms. The maximum atomic E-state index is 9.40. The van der Waals surface area contributed by atoms with E-state index >= 15 is 0 Å². The second-order valence-electron chi connectivity index (χ2n) is 5.64. The number of benzene rings is 1. The molecule has 100 valence electrons. The van der Waals surface area contributed by atoms with Crippen molar-refractivity contribution < 1.29 is 5.11 Å². The summed E-state index contributed by atoms with van der Waals surface area (Å²) in [5.41, 5.74) is 2.81. The highest BCUT2D eigenvalue weighted by molar-refractivity contribution is 5.56. The minimum absolute atomic E-state index is 0.140. The Hall–Kier alpha value is -1.02. The molecule has 0 aromatic heterocycles. The van der Waals surface area contributed by atoms with Gasteiger partial charge in [-0.3, -0.25) is 0 Å². The average molecular weight is 247 g/mol. The van der Waals surface area contributed by atoms with Crippen molar-refractivity contribution in [3.05, 3.63) is 29.8 Å². The Morgan fingerprint density at radius 1 is 1.11 bits per heavy atom. The minimum atomic E-state index is 0.140. The van der Waals surface area contributed by atoms with Gasteiger partial charge in [0.2, 0.25) is 0 Å². The lowest BCUT2D eigenvalue weighted by molar-refractivity contribution is 0.172. The number of hydrogen-bond acceptors (Lipinski definition) is 2. The zero-order chi connectivity index (χ0) is 13.0. The number of aliphatic hydroxyl groups excluding tert-OH is 1. The topological polar surface area (TPSA) is 23.5 Å². The second-order valence-corrected chi connectivity index (χ2v) is 5.64. The molecule has 1 heterocycles. The maximum Gasteiger partial charge on any atom is 0.0702 e. The number of hydrogen-bond donors (Lipinski definition) is 1. The Balaban J connectivity index is 2.06. The van der Waals surface area contributed by atoms with Crippen LogP contribution in [0.25, 0.3) is 0 Å². The van der Waals surface area contributed by atoms with Gasteiger partial charge in [-0.15, -0.1) is 0 Å². The Labute approximate surface area is 111 Å². The van der Waals surface area contributed by atoms with Gasteiger partial charge in [0.05, 0.1) is 6.61 Å². The largest absolute Gasteiger partial charge is 0.392 e. The summed E-state index contributed by atoms with van der Waals surface area (Å²) in [5.74, 6) is 0. The first kappa shape index (κ1) is 13.4. The lowest BCUT2D eigenvalue weighted by atomic mass is 9.72. The Morgan fingerprint density at radius 3 is 2.28 bits per heavy atom. The molecule has 1 aromatic carbocycles. The Morgan fingerprint density at radius 2 is 1.72 bits per heavy atom. The van der Waals surface area contributed by atoms with Crippen molar-refractivity contribution in [1.29, 1.82) is 0 Å². The summed E-state index contributed by atoms with van der Waals surface area (Å²) in [6, 6.07) is 8.22. The van der Waals surface area contributed by atoms with Crippen molar-refractivity contribution >= 4 is 5.69 Å². The van der Waals surface area contributed by atoms with Gasteiger partial charge >= 0.3 is 0 Å². The van der Waals surface area contributed by atoms with Gasteiger partial charge in [0, 0.05) is 29.8 Å². The van der Waals surface area contributed by atoms with Gasteiger partial charge in [-0.05, 0) is 18.9 Å². The smallest absolute Gasteiger partial charge is 0.0702 e. The van der Waals surface area contributed by atoms with Crippen LogP contribution >= 0.6 is 0 Å². The molecule has 1 fully saturated rings. The van der Waals surface area contributed by atoms with Gasteiger partial charge in [0.15, 0.2) is 0 Å². The summed E-state index contributed by atoms with van der Waals surface area (Å²) in [5, 5.41) is 9.40. The minimum Gasteiger partial charge on any atom is -0.392 e. The van der Waals surface area contributed by atoms with Crippen LogP contribution in [0.2, 0.25) is 0 Å². The second kappa shape index (κ2) is 5.75. The number of aliphatic hydroxyl groups is 1. The van der Waals surface area contributed by atoms with E-state index in [1.165, 1.54) is 31.4 Å². The first-order valence-corrected chi connectivity index (χ1v) is 7.18. The van der Waals surface area contributed by atoms with Gasteiger partial charge in [-0.2, -0.15) is 0 Å². The molecule has 2 rings (SSSR count). The van der Waals surface area contributed by atoms with Crippen molar-refractivity contribution in [3.63, 3.8) is 0 Å². The van der Waals surface area contributed by atoms with Crippen LogP contribution in [0.3, 0.4) is 0 Å². The molecule has 1 aromatic rings. The molecule has 0 radical (unpaired) electrons. The fraction of sp³-hybridized carbons (Fsp3) is 0.625. The molecule has 0 saturated carbocycles. The van der Waals surface area contributed by atoms with Crippen molar-refractivity contribution in [1.82, 2.24) is 0 Å². The van der Waals surface area contributed by atoms with Crippen molar-refractivity contribution in [2.24, 2.45) is 5.41 Å². The molecule has 0 spiro atoms. The average Bonchev–Trinajstić information content (AvgIpc) is 2.35. The Bertz CT molecular complexity index is 374. The molecule has 1 aliphatic rings. The van der Waals surface area contributed by atoms with Crippen LogP contribution < -0.4 is 4.90 Å². The predicted molar refractivity (Wildman–Crippen MR) is 76.8 cm³/mol. The first-order chi connectivity index (χ1) is 8.74. The maximum absolute atomic E-state index is 9.40. The zero-order valence-corrected chi connectivity index (χ0v) is 11.7. The molecular formula is C16H25NO. The number of anilines is 1. The van der Waals surface area contributed by atoms with E-state index < -0.39 is 0 Å². The van der Waals surface area contributed by atoms with E-state index in [1.54, 1.807) is 0 Å². The standard InChI is InChI=1S/C16H25NO/c1-3-9-16(10-4-2)12-17(13-16)15-8-6-5-7-14(15)11-18/h5-8,18H,3-4,9-13H2,1-2H3. The fourth-order valence-electron chi connectivity index (χ4n) is 3.39. The van der Waals surface area contributed by atoms with Crippen molar-refractivity contribution in [2.45, 2.75) is 46.1 Å². The lowest BCUT2D eigenvalue weighted by Crippen LogP contribution is -2.56. The fourth-order valence-corrected chi connectivity index (χ4v) is 3.39. The molecule has 18 heavy (non-hydrogen) atoms. The molecule has 0 amide bonds. The molecule has 0 unspecified atom stereocenters. The summed E-state index contributed by atoms with van der Waals surface area (Å²) in [4.78, 5) is 2.43. The van der Waals surface area contributed by atoms with E-state index in [0.717, 1.165) is 18.7 Å². The van der Waals surface area contributed by atoms with Gasteiger partial charge in [-0.1, -0.05) is 44.9 Å². The SMILES string of the molecule is CCCC1(CCC)CN(c2ccccc2CO)C1. The quantitative estimate of drug-likeness (QED) is 0.830. The summed E-state index contributed by atoms with van der Waals surface area (Å²) < 4.78 is 0. The van der Waals surface area contributed by atoms with Crippen molar-refractivity contribution in [3.8, 4) is 0 Å². The molecule has 0 bridgehead atoms. The molecular weight excluding hydrogens is 222 g/mol. The third-order valence-electron chi connectivity index (χ3n) is 4.12. The third kappa shape index (κ3) is 2.54. The normalized spacial score (nSPS) is 17.6. The van der Waals surface area contributed by atoms with E-state index in [-0.39, 0.29) is 6.61 Å². The molecule has 0 atom stereocenters. The summed E-state index contributed by atoms with van der Waals surface area (Å²) in [6.45, 7) is 7.02. The molecule has 2 nitrogen and oxygen atoms in total. The molecule has 1 aliphatic heterocycles. The van der Waals surface area contributed by atoms with Crippen LogP contribution in [0, 0.1) is 5.41 Å². The molecule has 1 saturated heterocycles. The highest BCUT2D eigenvalue weighted by Gasteiger charge is 2.41. The van der Waals surface area contributed by atoms with Gasteiger partial charge < -0.3 is 10.0 Å². The zero-order valence-electron chi connectivity index (χ0n) is 11.7. The molecule has 1 N–H and O–H groups in total. The van der Waals surface area contributed by atoms with E-state index in [9.17, 15) is 5.11 Å². The van der Waals surface area contributed by atoms with E-state index in [0.29, 0.717) is 5.41 Å². The van der Waals surface area contributed by atoms with E-state index in [2.05, 4.69) is 30.9 Å². The van der Waals surface area contributed by atoms with Gasteiger partial charge in [0.1, 0.15) is 0 Å². The number of para-hydroxylation sites is 1. The summed E-state index contributed by atoms with van der Waals surface area (Å²) in [7, 11) is 0. The number of nitrogens with zero attached hydrogens (tertiary/aromatic N) is 1. The van der Waals surface area contributed by atoms with E-state index in [4.69, 9.17) is 0 Å². The highest BCUT2D eigenvalue weighted by atomic mass is 16.3. The monoisotopic (exact) mass is 247 g/mol. The van der Waals surface area contributed by atoms with E-state index in [1.807, 2.05) is 12.1 Å². The van der Waals surface area contributed by atoms with Crippen LogP contribution in [-0.2, 0) is 6.61 Å². The number of rotatable bonds is 6. The molecule has 0 aliphatic carbocycles. The van der Waals surface area contributed by atoms with Gasteiger partial charge in [0.25, 0.3) is 0 Å². The lowest BCUT2D eigenvalue weighted by Gasteiger charge is -2.52. The van der Waals surface area contributed by atoms with Crippen LogP contribution in [0.15, 0.2) is 24.3 Å². The van der Waals surface area contributed by atoms with Crippen LogP contribution in [0.1, 0.15) is 45.1 Å². The highest BCUT2D eigenvalue weighted by Crippen LogP contribution is 2.42. The van der Waals surface area contributed by atoms with Crippen LogP contribution in [0.4, 0.5) is 5.69 Å². The third-order valence-corrected chi connectivity index (χ3v) is 4.12. The first-order valence-electron chi connectivity index (χ1n) is 7.18. The van der Waals surface area contributed by atoms with Gasteiger partial charge in [-0.25, -0.2) is 0 Å². The van der Waals surface area contributed by atoms with Crippen LogP contribution in [0.5, 0.6) is 0 Å².